The molecule has 2 aromatic rings. The Labute approximate surface area is 173 Å². The third kappa shape index (κ3) is 4.40. The molecule has 2 aliphatic rings. The van der Waals surface area contributed by atoms with E-state index in [-0.39, 0.29) is 17.9 Å². The molecule has 0 bridgehead atoms. The lowest BCUT2D eigenvalue weighted by atomic mass is 9.99. The molecule has 0 aliphatic carbocycles. The maximum Gasteiger partial charge on any atom is 0.324 e. The number of anilines is 1. The Morgan fingerprint density at radius 1 is 1.03 bits per heavy atom. The summed E-state index contributed by atoms with van der Waals surface area (Å²) in [6.07, 6.45) is 2.16. The van der Waals surface area contributed by atoms with Gasteiger partial charge in [-0.25, -0.2) is 4.98 Å². The van der Waals surface area contributed by atoms with Gasteiger partial charge in [-0.05, 0) is 25.9 Å². The lowest BCUT2D eigenvalue weighted by Crippen LogP contribution is -2.49. The number of methoxy groups -OCH3 is 2. The molecular formula is C18H25N7O3S. The van der Waals surface area contributed by atoms with E-state index >= 15 is 0 Å². The van der Waals surface area contributed by atoms with E-state index in [1.54, 1.807) is 11.3 Å². The molecule has 29 heavy (non-hydrogen) atoms. The second kappa shape index (κ2) is 8.87. The van der Waals surface area contributed by atoms with Crippen molar-refractivity contribution in [1.82, 2.24) is 30.2 Å². The van der Waals surface area contributed by atoms with Crippen LogP contribution in [0.25, 0.3) is 0 Å². The van der Waals surface area contributed by atoms with Crippen LogP contribution in [0.1, 0.15) is 34.3 Å². The predicted octanol–water partition coefficient (Wildman–Crippen LogP) is 0.775. The summed E-state index contributed by atoms with van der Waals surface area (Å²) in [6, 6.07) is 0.413. The molecule has 0 saturated carbocycles. The number of piperidine rings is 1. The van der Waals surface area contributed by atoms with E-state index in [9.17, 15) is 4.79 Å². The van der Waals surface area contributed by atoms with Crippen LogP contribution < -0.4 is 19.7 Å². The van der Waals surface area contributed by atoms with Gasteiger partial charge in [0.15, 0.2) is 0 Å². The van der Waals surface area contributed by atoms with Gasteiger partial charge in [-0.15, -0.1) is 16.3 Å². The first-order chi connectivity index (χ1) is 14.2. The van der Waals surface area contributed by atoms with Gasteiger partial charge in [0, 0.05) is 37.5 Å². The molecule has 11 heteroatoms. The number of carbonyl (C=O) groups is 1. The van der Waals surface area contributed by atoms with E-state index in [2.05, 4.69) is 25.3 Å². The summed E-state index contributed by atoms with van der Waals surface area (Å²) < 4.78 is 10.2. The van der Waals surface area contributed by atoms with E-state index in [0.717, 1.165) is 30.9 Å². The Morgan fingerprint density at radius 2 is 1.69 bits per heavy atom. The first kappa shape index (κ1) is 19.8. The van der Waals surface area contributed by atoms with Crippen molar-refractivity contribution in [3.05, 3.63) is 16.1 Å². The predicted molar refractivity (Wildman–Crippen MR) is 108 cm³/mol. The van der Waals surface area contributed by atoms with Crippen LogP contribution >= 0.6 is 11.3 Å². The molecular weight excluding hydrogens is 394 g/mol. The Balaban J connectivity index is 1.38. The molecule has 0 atom stereocenters. The van der Waals surface area contributed by atoms with Gasteiger partial charge in [0.05, 0.1) is 19.2 Å². The molecule has 4 heterocycles. The average Bonchev–Trinajstić information content (AvgIpc) is 3.29. The van der Waals surface area contributed by atoms with E-state index in [0.29, 0.717) is 43.7 Å². The van der Waals surface area contributed by atoms with Gasteiger partial charge in [0.2, 0.25) is 5.95 Å². The Kier molecular flexibility index (Phi) is 6.05. The Hall–Kier alpha value is -2.53. The topological polar surface area (TPSA) is 106 Å². The van der Waals surface area contributed by atoms with Gasteiger partial charge in [-0.3, -0.25) is 4.79 Å². The van der Waals surface area contributed by atoms with Crippen LogP contribution in [0.4, 0.5) is 5.95 Å². The largest absolute Gasteiger partial charge is 0.467 e. The fraction of sp³-hybridized carbons (Fsp3) is 0.611. The number of hydrogen-bond acceptors (Lipinski definition) is 10. The molecule has 0 unspecified atom stereocenters. The van der Waals surface area contributed by atoms with E-state index in [1.165, 1.54) is 14.2 Å². The quantitative estimate of drug-likeness (QED) is 0.752. The molecule has 4 rings (SSSR count). The third-order valence-electron chi connectivity index (χ3n) is 5.23. The van der Waals surface area contributed by atoms with Crippen LogP contribution in [0.5, 0.6) is 12.0 Å². The van der Waals surface area contributed by atoms with Gasteiger partial charge >= 0.3 is 12.0 Å². The molecule has 0 spiro atoms. The first-order valence-corrected chi connectivity index (χ1v) is 10.6. The molecule has 156 valence electrons. The zero-order valence-corrected chi connectivity index (χ0v) is 17.4. The minimum atomic E-state index is -0.00751. The summed E-state index contributed by atoms with van der Waals surface area (Å²) in [4.78, 5) is 34.0. The fourth-order valence-corrected chi connectivity index (χ4v) is 4.53. The van der Waals surface area contributed by atoms with Crippen LogP contribution in [0, 0.1) is 0 Å². The standard InChI is InChI=1S/C18H25N7O3S/c1-27-17-21-16(22-18(23-17)28-2)25-9-7-24(8-10-25)15(26)13-11-29-14(20-13)12-3-5-19-6-4-12/h11-12,19H,3-10H2,1-2H3. The van der Waals surface area contributed by atoms with Crippen molar-refractivity contribution in [2.45, 2.75) is 18.8 Å². The highest BCUT2D eigenvalue weighted by molar-refractivity contribution is 7.09. The van der Waals surface area contributed by atoms with E-state index < -0.39 is 0 Å². The number of ether oxygens (including phenoxy) is 2. The SMILES string of the molecule is COc1nc(OC)nc(N2CCN(C(=O)c3csc(C4CCNCC4)n3)CC2)n1. The highest BCUT2D eigenvalue weighted by atomic mass is 32.1. The van der Waals surface area contributed by atoms with Crippen molar-refractivity contribution in [3.8, 4) is 12.0 Å². The Morgan fingerprint density at radius 3 is 2.31 bits per heavy atom. The third-order valence-corrected chi connectivity index (χ3v) is 6.23. The van der Waals surface area contributed by atoms with Crippen LogP contribution in [-0.2, 0) is 0 Å². The molecule has 1 N–H and O–H groups in total. The van der Waals surface area contributed by atoms with Crippen molar-refractivity contribution in [2.24, 2.45) is 0 Å². The van der Waals surface area contributed by atoms with Crippen LogP contribution in [0.15, 0.2) is 5.38 Å². The number of nitrogens with one attached hydrogen (secondary N) is 1. The maximum atomic E-state index is 12.9. The molecule has 1 amide bonds. The summed E-state index contributed by atoms with van der Waals surface area (Å²) >= 11 is 1.60. The monoisotopic (exact) mass is 419 g/mol. The molecule has 2 aromatic heterocycles. The summed E-state index contributed by atoms with van der Waals surface area (Å²) in [5.74, 6) is 0.947. The van der Waals surface area contributed by atoms with Crippen LogP contribution in [0.2, 0.25) is 0 Å². The lowest BCUT2D eigenvalue weighted by molar-refractivity contribution is 0.0740. The molecule has 10 nitrogen and oxygen atoms in total. The summed E-state index contributed by atoms with van der Waals surface area (Å²) in [7, 11) is 3.00. The smallest absolute Gasteiger partial charge is 0.324 e. The van der Waals surface area contributed by atoms with Crippen molar-refractivity contribution < 1.29 is 14.3 Å². The normalized spacial score (nSPS) is 18.0. The van der Waals surface area contributed by atoms with Crippen molar-refractivity contribution in [1.29, 1.82) is 0 Å². The van der Waals surface area contributed by atoms with Gasteiger partial charge in [-0.1, -0.05) is 0 Å². The number of aromatic nitrogens is 4. The van der Waals surface area contributed by atoms with Crippen LogP contribution in [-0.4, -0.2) is 84.2 Å². The minimum absolute atomic E-state index is 0.00751. The number of piperazine rings is 1. The maximum absolute atomic E-state index is 12.9. The van der Waals surface area contributed by atoms with Gasteiger partial charge < -0.3 is 24.6 Å². The average molecular weight is 420 g/mol. The number of thiazole rings is 1. The molecule has 0 radical (unpaired) electrons. The van der Waals surface area contributed by atoms with Gasteiger partial charge in [0.25, 0.3) is 5.91 Å². The van der Waals surface area contributed by atoms with Gasteiger partial charge in [-0.2, -0.15) is 9.97 Å². The van der Waals surface area contributed by atoms with Crippen LogP contribution in [0.3, 0.4) is 0 Å². The molecule has 2 saturated heterocycles. The molecule has 0 aromatic carbocycles. The number of nitrogens with zero attached hydrogens (tertiary/aromatic N) is 6. The zero-order chi connectivity index (χ0) is 20.2. The summed E-state index contributed by atoms with van der Waals surface area (Å²) in [5.41, 5.74) is 0.556. The minimum Gasteiger partial charge on any atom is -0.467 e. The highest BCUT2D eigenvalue weighted by Gasteiger charge is 2.27. The fourth-order valence-electron chi connectivity index (χ4n) is 3.57. The second-order valence-corrected chi connectivity index (χ2v) is 7.87. The first-order valence-electron chi connectivity index (χ1n) is 9.72. The van der Waals surface area contributed by atoms with Crippen molar-refractivity contribution >= 4 is 23.2 Å². The summed E-state index contributed by atoms with van der Waals surface area (Å²) in [6.45, 7) is 4.43. The van der Waals surface area contributed by atoms with E-state index in [1.807, 2.05) is 15.2 Å². The second-order valence-electron chi connectivity index (χ2n) is 6.98. The number of hydrogen-bond donors (Lipinski definition) is 1. The lowest BCUT2D eigenvalue weighted by Gasteiger charge is -2.34. The zero-order valence-electron chi connectivity index (χ0n) is 16.6. The number of rotatable bonds is 5. The molecule has 2 fully saturated rings. The molecule has 2 aliphatic heterocycles. The number of amides is 1. The summed E-state index contributed by atoms with van der Waals surface area (Å²) in [5, 5.41) is 6.34. The van der Waals surface area contributed by atoms with E-state index in [4.69, 9.17) is 9.47 Å². The number of carbonyl (C=O) groups excluding carboxylic acids is 1. The van der Waals surface area contributed by atoms with Gasteiger partial charge in [0.1, 0.15) is 5.69 Å². The van der Waals surface area contributed by atoms with Crippen molar-refractivity contribution in [3.63, 3.8) is 0 Å². The highest BCUT2D eigenvalue weighted by Crippen LogP contribution is 2.28. The van der Waals surface area contributed by atoms with Crippen molar-refractivity contribution in [2.75, 3.05) is 58.4 Å². The Bertz CT molecular complexity index is 825.